The van der Waals surface area contributed by atoms with Gasteiger partial charge < -0.3 is 14.6 Å². The van der Waals surface area contributed by atoms with E-state index in [0.717, 1.165) is 12.0 Å². The number of imidazole rings is 1. The number of carbonyl (C=O) groups excluding carboxylic acids is 1. The number of aliphatic hydroxyl groups is 1. The fraction of sp³-hybridized carbons (Fsp3) is 0.391. The second-order valence-electron chi connectivity index (χ2n) is 8.39. The van der Waals surface area contributed by atoms with E-state index in [0.29, 0.717) is 48.4 Å². The third-order valence-electron chi connectivity index (χ3n) is 6.49. The number of rotatable bonds is 3. The van der Waals surface area contributed by atoms with Gasteiger partial charge in [-0.1, -0.05) is 30.3 Å². The van der Waals surface area contributed by atoms with Gasteiger partial charge in [0.15, 0.2) is 0 Å². The van der Waals surface area contributed by atoms with E-state index in [1.165, 1.54) is 0 Å². The largest absolute Gasteiger partial charge is 0.391 e. The summed E-state index contributed by atoms with van der Waals surface area (Å²) in [7, 11) is 0. The molecule has 7 nitrogen and oxygen atoms in total. The van der Waals surface area contributed by atoms with Crippen LogP contribution in [0, 0.1) is 18.8 Å². The van der Waals surface area contributed by atoms with Gasteiger partial charge in [0.2, 0.25) is 0 Å². The Hall–Kier alpha value is -3.06. The van der Waals surface area contributed by atoms with Gasteiger partial charge in [0.1, 0.15) is 5.82 Å². The molecule has 3 aromatic rings. The first-order valence-corrected chi connectivity index (χ1v) is 10.4. The highest BCUT2D eigenvalue weighted by atomic mass is 16.3. The fourth-order valence-electron chi connectivity index (χ4n) is 4.97. The third-order valence-corrected chi connectivity index (χ3v) is 6.49. The van der Waals surface area contributed by atoms with Gasteiger partial charge in [-0.3, -0.25) is 4.79 Å². The lowest BCUT2D eigenvalue weighted by atomic mass is 9.77. The fourth-order valence-corrected chi connectivity index (χ4v) is 4.97. The van der Waals surface area contributed by atoms with Crippen LogP contribution in [0.25, 0.3) is 11.3 Å². The van der Waals surface area contributed by atoms with Crippen molar-refractivity contribution >= 4 is 5.91 Å². The standard InChI is InChI=1S/C23H25N5O2/c1-15-25-11-19(22(26-15)16-5-3-2-4-6-16)23(30)28-12-17-9-20(27-8-7-24-14-27)21(29)10-18(17)13-28/h2-8,11,14,17-18,20-21,29H,9-10,12-13H2,1H3/t17-,18+,20-,21-/m1/s1. The first-order valence-electron chi connectivity index (χ1n) is 10.4. The third kappa shape index (κ3) is 3.39. The monoisotopic (exact) mass is 403 g/mol. The van der Waals surface area contributed by atoms with Gasteiger partial charge in [0, 0.05) is 37.2 Å². The molecule has 1 aliphatic carbocycles. The number of hydrogen-bond acceptors (Lipinski definition) is 5. The average molecular weight is 403 g/mol. The molecule has 1 aliphatic heterocycles. The molecule has 5 rings (SSSR count). The van der Waals surface area contributed by atoms with E-state index in [1.807, 2.05) is 52.9 Å². The van der Waals surface area contributed by atoms with Crippen molar-refractivity contribution in [3.8, 4) is 11.3 Å². The molecule has 0 bridgehead atoms. The minimum Gasteiger partial charge on any atom is -0.391 e. The molecule has 0 unspecified atom stereocenters. The smallest absolute Gasteiger partial charge is 0.257 e. The molecule has 154 valence electrons. The molecule has 0 spiro atoms. The van der Waals surface area contributed by atoms with Crippen LogP contribution in [0.3, 0.4) is 0 Å². The number of aliphatic hydroxyl groups excluding tert-OH is 1. The van der Waals surface area contributed by atoms with Crippen LogP contribution in [0.1, 0.15) is 35.1 Å². The molecule has 2 aromatic heterocycles. The van der Waals surface area contributed by atoms with Crippen LogP contribution in [0.4, 0.5) is 0 Å². The van der Waals surface area contributed by atoms with Crippen molar-refractivity contribution in [2.75, 3.05) is 13.1 Å². The number of aryl methyl sites for hydroxylation is 1. The summed E-state index contributed by atoms with van der Waals surface area (Å²) in [5.74, 6) is 1.30. The minimum atomic E-state index is -0.418. The summed E-state index contributed by atoms with van der Waals surface area (Å²) in [5.41, 5.74) is 2.13. The van der Waals surface area contributed by atoms with E-state index in [4.69, 9.17) is 0 Å². The number of nitrogens with zero attached hydrogens (tertiary/aromatic N) is 5. The molecular formula is C23H25N5O2. The zero-order valence-electron chi connectivity index (χ0n) is 16.9. The summed E-state index contributed by atoms with van der Waals surface area (Å²) >= 11 is 0. The average Bonchev–Trinajstić information content (AvgIpc) is 3.43. The first kappa shape index (κ1) is 18.9. The van der Waals surface area contributed by atoms with Crippen LogP contribution in [0.5, 0.6) is 0 Å². The Morgan fingerprint density at radius 2 is 1.90 bits per heavy atom. The van der Waals surface area contributed by atoms with Crippen LogP contribution in [0.2, 0.25) is 0 Å². The lowest BCUT2D eigenvalue weighted by Gasteiger charge is -2.35. The highest BCUT2D eigenvalue weighted by Crippen LogP contribution is 2.41. The predicted octanol–water partition coefficient (Wildman–Crippen LogP) is 2.73. The Labute approximate surface area is 175 Å². The van der Waals surface area contributed by atoms with Gasteiger partial charge in [-0.25, -0.2) is 15.0 Å². The maximum absolute atomic E-state index is 13.5. The molecule has 1 saturated heterocycles. The second kappa shape index (κ2) is 7.65. The zero-order chi connectivity index (χ0) is 20.7. The van der Waals surface area contributed by atoms with Crippen molar-refractivity contribution < 1.29 is 9.90 Å². The zero-order valence-corrected chi connectivity index (χ0v) is 16.9. The van der Waals surface area contributed by atoms with Gasteiger partial charge in [0.25, 0.3) is 5.91 Å². The Bertz CT molecular complexity index is 1040. The summed E-state index contributed by atoms with van der Waals surface area (Å²) < 4.78 is 1.99. The summed E-state index contributed by atoms with van der Waals surface area (Å²) in [4.78, 5) is 28.4. The predicted molar refractivity (Wildman–Crippen MR) is 112 cm³/mol. The summed E-state index contributed by atoms with van der Waals surface area (Å²) in [6, 6.07) is 9.80. The van der Waals surface area contributed by atoms with E-state index < -0.39 is 6.10 Å². The van der Waals surface area contributed by atoms with Crippen molar-refractivity contribution in [3.63, 3.8) is 0 Å². The molecule has 1 saturated carbocycles. The number of benzene rings is 1. The van der Waals surface area contributed by atoms with Crippen LogP contribution >= 0.6 is 0 Å². The van der Waals surface area contributed by atoms with E-state index in [-0.39, 0.29) is 11.9 Å². The normalized spacial score (nSPS) is 25.9. The van der Waals surface area contributed by atoms with Gasteiger partial charge in [0.05, 0.1) is 29.7 Å². The molecule has 1 N–H and O–H groups in total. The molecule has 30 heavy (non-hydrogen) atoms. The van der Waals surface area contributed by atoms with Gasteiger partial charge in [-0.15, -0.1) is 0 Å². The molecular weight excluding hydrogens is 378 g/mol. The van der Waals surface area contributed by atoms with Gasteiger partial charge in [-0.05, 0) is 31.6 Å². The molecule has 2 aliphatic rings. The lowest BCUT2D eigenvalue weighted by Crippen LogP contribution is -2.35. The molecule has 0 radical (unpaired) electrons. The molecule has 1 aromatic carbocycles. The van der Waals surface area contributed by atoms with Crippen molar-refractivity contribution in [1.29, 1.82) is 0 Å². The molecule has 1 amide bonds. The summed E-state index contributed by atoms with van der Waals surface area (Å²) in [6.45, 7) is 3.20. The number of amides is 1. The highest BCUT2D eigenvalue weighted by Gasteiger charge is 2.43. The first-order chi connectivity index (χ1) is 14.6. The number of fused-ring (bicyclic) bond motifs is 1. The van der Waals surface area contributed by atoms with Crippen molar-refractivity contribution in [3.05, 3.63) is 66.6 Å². The molecule has 2 fully saturated rings. The molecule has 4 atom stereocenters. The maximum Gasteiger partial charge on any atom is 0.257 e. The number of hydrogen-bond donors (Lipinski definition) is 1. The summed E-state index contributed by atoms with van der Waals surface area (Å²) in [5, 5.41) is 10.7. The van der Waals surface area contributed by atoms with Crippen LogP contribution in [0.15, 0.2) is 55.2 Å². The van der Waals surface area contributed by atoms with E-state index in [1.54, 1.807) is 18.7 Å². The van der Waals surface area contributed by atoms with Crippen LogP contribution in [-0.2, 0) is 0 Å². The Morgan fingerprint density at radius 3 is 2.63 bits per heavy atom. The highest BCUT2D eigenvalue weighted by molar-refractivity contribution is 5.99. The van der Waals surface area contributed by atoms with E-state index in [2.05, 4.69) is 15.0 Å². The quantitative estimate of drug-likeness (QED) is 0.727. The molecule has 7 heteroatoms. The number of aromatic nitrogens is 4. The molecule has 3 heterocycles. The SMILES string of the molecule is Cc1ncc(C(=O)N2C[C@H]3C[C@@H](n4ccnc4)[C@H](O)C[C@H]3C2)c(-c2ccccc2)n1. The Balaban J connectivity index is 1.39. The van der Waals surface area contributed by atoms with Crippen LogP contribution < -0.4 is 0 Å². The summed E-state index contributed by atoms with van der Waals surface area (Å²) in [6.07, 6.45) is 8.20. The second-order valence-corrected chi connectivity index (χ2v) is 8.39. The Kier molecular flexibility index (Phi) is 4.83. The van der Waals surface area contributed by atoms with Gasteiger partial charge in [-0.2, -0.15) is 0 Å². The van der Waals surface area contributed by atoms with Crippen molar-refractivity contribution in [2.24, 2.45) is 11.8 Å². The number of carbonyl (C=O) groups is 1. The van der Waals surface area contributed by atoms with E-state index >= 15 is 0 Å². The maximum atomic E-state index is 13.5. The van der Waals surface area contributed by atoms with Crippen molar-refractivity contribution in [2.45, 2.75) is 31.9 Å². The number of likely N-dealkylation sites (tertiary alicyclic amines) is 1. The van der Waals surface area contributed by atoms with Crippen LogP contribution in [-0.4, -0.2) is 54.6 Å². The minimum absolute atomic E-state index is 0.0198. The van der Waals surface area contributed by atoms with E-state index in [9.17, 15) is 9.90 Å². The van der Waals surface area contributed by atoms with Gasteiger partial charge >= 0.3 is 0 Å². The van der Waals surface area contributed by atoms with Crippen molar-refractivity contribution in [1.82, 2.24) is 24.4 Å². The Morgan fingerprint density at radius 1 is 1.13 bits per heavy atom. The topological polar surface area (TPSA) is 84.1 Å². The lowest BCUT2D eigenvalue weighted by molar-refractivity contribution is 0.0357.